The van der Waals surface area contributed by atoms with Crippen LogP contribution < -0.4 is 19.5 Å². The molecule has 0 saturated carbocycles. The lowest BCUT2D eigenvalue weighted by molar-refractivity contribution is 0.0843. The number of carbonyl (C=O) groups is 1. The highest BCUT2D eigenvalue weighted by molar-refractivity contribution is 7.89. The maximum atomic E-state index is 12.6. The Morgan fingerprint density at radius 3 is 2.68 bits per heavy atom. The lowest BCUT2D eigenvalue weighted by Crippen LogP contribution is -2.35. The second-order valence-corrected chi connectivity index (χ2v) is 9.33. The third kappa shape index (κ3) is 5.46. The van der Waals surface area contributed by atoms with Gasteiger partial charge in [0.1, 0.15) is 18.5 Å². The highest BCUT2D eigenvalue weighted by atomic mass is 32.2. The molecule has 1 amide bonds. The van der Waals surface area contributed by atoms with E-state index in [1.54, 1.807) is 32.0 Å². The molecule has 1 aliphatic heterocycles. The SMILES string of the molecule is CC(C)N(C)S(=O)(=O)c1cccc(C(=O)NCC(O)COc2ccc3c(c2)OCO3)c1. The van der Waals surface area contributed by atoms with E-state index in [1.807, 2.05) is 0 Å². The van der Waals surface area contributed by atoms with Crippen LogP contribution in [0.5, 0.6) is 17.2 Å². The molecule has 10 heteroatoms. The largest absolute Gasteiger partial charge is 0.491 e. The molecule has 0 fully saturated rings. The first-order chi connectivity index (χ1) is 14.7. The number of aliphatic hydroxyl groups excluding tert-OH is 1. The number of nitrogens with zero attached hydrogens (tertiary/aromatic N) is 1. The van der Waals surface area contributed by atoms with E-state index in [9.17, 15) is 18.3 Å². The molecule has 0 radical (unpaired) electrons. The van der Waals surface area contributed by atoms with Crippen molar-refractivity contribution in [3.63, 3.8) is 0 Å². The molecule has 2 N–H and O–H groups in total. The number of benzene rings is 2. The minimum Gasteiger partial charge on any atom is -0.491 e. The third-order valence-corrected chi connectivity index (χ3v) is 6.81. The molecular weight excluding hydrogens is 424 g/mol. The summed E-state index contributed by atoms with van der Waals surface area (Å²) in [5, 5.41) is 12.7. The number of aliphatic hydroxyl groups is 1. The van der Waals surface area contributed by atoms with Crippen LogP contribution >= 0.6 is 0 Å². The minimum absolute atomic E-state index is 0.0306. The van der Waals surface area contributed by atoms with Gasteiger partial charge in [-0.05, 0) is 44.2 Å². The van der Waals surface area contributed by atoms with Crippen molar-refractivity contribution in [2.24, 2.45) is 0 Å². The Hall–Kier alpha value is -2.82. The van der Waals surface area contributed by atoms with Crippen molar-refractivity contribution in [1.82, 2.24) is 9.62 Å². The summed E-state index contributed by atoms with van der Waals surface area (Å²) in [6.45, 7) is 3.58. The van der Waals surface area contributed by atoms with Crippen molar-refractivity contribution in [3.8, 4) is 17.2 Å². The number of rotatable bonds is 9. The standard InChI is InChI=1S/C21H26N2O7S/c1-14(2)23(3)31(26,27)18-6-4-5-15(9-18)21(25)22-11-16(24)12-28-17-7-8-19-20(10-17)30-13-29-19/h4-10,14,16,24H,11-13H2,1-3H3,(H,22,25). The van der Waals surface area contributed by atoms with E-state index in [-0.39, 0.29) is 36.4 Å². The van der Waals surface area contributed by atoms with Gasteiger partial charge in [0.25, 0.3) is 5.91 Å². The van der Waals surface area contributed by atoms with Gasteiger partial charge < -0.3 is 24.6 Å². The Bertz CT molecular complexity index is 1040. The van der Waals surface area contributed by atoms with Gasteiger partial charge >= 0.3 is 0 Å². The molecule has 9 nitrogen and oxygen atoms in total. The molecule has 3 rings (SSSR count). The van der Waals surface area contributed by atoms with Crippen LogP contribution in [0.1, 0.15) is 24.2 Å². The molecule has 2 aromatic carbocycles. The molecule has 1 unspecified atom stereocenters. The molecule has 0 saturated heterocycles. The number of carbonyl (C=O) groups excluding carboxylic acids is 1. The summed E-state index contributed by atoms with van der Waals surface area (Å²) < 4.78 is 42.5. The van der Waals surface area contributed by atoms with Crippen molar-refractivity contribution < 1.29 is 32.5 Å². The predicted octanol–water partition coefficient (Wildman–Crippen LogP) is 1.61. The topological polar surface area (TPSA) is 114 Å². The van der Waals surface area contributed by atoms with Crippen molar-refractivity contribution in [3.05, 3.63) is 48.0 Å². The van der Waals surface area contributed by atoms with Crippen molar-refractivity contribution in [1.29, 1.82) is 0 Å². The highest BCUT2D eigenvalue weighted by Crippen LogP contribution is 2.35. The van der Waals surface area contributed by atoms with Gasteiger partial charge in [-0.2, -0.15) is 4.31 Å². The average Bonchev–Trinajstić information content (AvgIpc) is 3.23. The fraction of sp³-hybridized carbons (Fsp3) is 0.381. The van der Waals surface area contributed by atoms with Gasteiger partial charge in [-0.15, -0.1) is 0 Å². The smallest absolute Gasteiger partial charge is 0.251 e. The Kier molecular flexibility index (Phi) is 7.04. The van der Waals surface area contributed by atoms with E-state index < -0.39 is 22.0 Å². The van der Waals surface area contributed by atoms with Crippen LogP contribution in [0.2, 0.25) is 0 Å². The van der Waals surface area contributed by atoms with Gasteiger partial charge in [0.05, 0.1) is 4.90 Å². The zero-order chi connectivity index (χ0) is 22.6. The average molecular weight is 451 g/mol. The Morgan fingerprint density at radius 1 is 1.19 bits per heavy atom. The van der Waals surface area contributed by atoms with E-state index in [0.29, 0.717) is 17.2 Å². The van der Waals surface area contributed by atoms with Crippen LogP contribution in [-0.4, -0.2) is 62.9 Å². The molecule has 1 aliphatic rings. The van der Waals surface area contributed by atoms with Crippen LogP contribution in [0, 0.1) is 0 Å². The van der Waals surface area contributed by atoms with Gasteiger partial charge in [0.15, 0.2) is 11.5 Å². The number of hydrogen-bond donors (Lipinski definition) is 2. The van der Waals surface area contributed by atoms with E-state index >= 15 is 0 Å². The normalized spacial score (nSPS) is 14.0. The summed E-state index contributed by atoms with van der Waals surface area (Å²) in [6, 6.07) is 10.6. The Labute approximate surface area is 181 Å². The molecule has 1 heterocycles. The molecule has 168 valence electrons. The zero-order valence-electron chi connectivity index (χ0n) is 17.6. The fourth-order valence-corrected chi connectivity index (χ4v) is 4.19. The first-order valence-electron chi connectivity index (χ1n) is 9.75. The summed E-state index contributed by atoms with van der Waals surface area (Å²) in [6.07, 6.45) is -0.964. The lowest BCUT2D eigenvalue weighted by atomic mass is 10.2. The number of amides is 1. The summed E-state index contributed by atoms with van der Waals surface area (Å²) in [7, 11) is -2.22. The minimum atomic E-state index is -3.70. The lowest BCUT2D eigenvalue weighted by Gasteiger charge is -2.21. The summed E-state index contributed by atoms with van der Waals surface area (Å²) in [4.78, 5) is 12.5. The molecular formula is C21H26N2O7S. The first-order valence-corrected chi connectivity index (χ1v) is 11.2. The number of sulfonamides is 1. The van der Waals surface area contributed by atoms with Gasteiger partial charge in [-0.25, -0.2) is 8.42 Å². The van der Waals surface area contributed by atoms with Gasteiger partial charge in [-0.3, -0.25) is 4.79 Å². The van der Waals surface area contributed by atoms with E-state index in [4.69, 9.17) is 14.2 Å². The predicted molar refractivity (Wildman–Crippen MR) is 113 cm³/mol. The van der Waals surface area contributed by atoms with Crippen LogP contribution in [0.3, 0.4) is 0 Å². The molecule has 2 aromatic rings. The van der Waals surface area contributed by atoms with Crippen molar-refractivity contribution in [2.45, 2.75) is 30.9 Å². The number of nitrogens with one attached hydrogen (secondary N) is 1. The zero-order valence-corrected chi connectivity index (χ0v) is 18.4. The fourth-order valence-electron chi connectivity index (χ4n) is 2.77. The maximum absolute atomic E-state index is 12.6. The van der Waals surface area contributed by atoms with Crippen LogP contribution in [0.15, 0.2) is 47.4 Å². The van der Waals surface area contributed by atoms with E-state index in [1.165, 1.54) is 35.6 Å². The van der Waals surface area contributed by atoms with E-state index in [2.05, 4.69) is 5.32 Å². The highest BCUT2D eigenvalue weighted by Gasteiger charge is 2.24. The summed E-state index contributed by atoms with van der Waals surface area (Å²) >= 11 is 0. The van der Waals surface area contributed by atoms with Crippen molar-refractivity contribution >= 4 is 15.9 Å². The van der Waals surface area contributed by atoms with Gasteiger partial charge in [0.2, 0.25) is 16.8 Å². The van der Waals surface area contributed by atoms with Crippen LogP contribution in [-0.2, 0) is 10.0 Å². The molecule has 31 heavy (non-hydrogen) atoms. The van der Waals surface area contributed by atoms with Crippen LogP contribution in [0.25, 0.3) is 0 Å². The Morgan fingerprint density at radius 2 is 1.94 bits per heavy atom. The molecule has 0 aromatic heterocycles. The first kappa shape index (κ1) is 22.9. The van der Waals surface area contributed by atoms with E-state index in [0.717, 1.165) is 0 Å². The summed E-state index contributed by atoms with van der Waals surface area (Å²) in [5.41, 5.74) is 0.183. The maximum Gasteiger partial charge on any atom is 0.251 e. The molecule has 0 bridgehead atoms. The van der Waals surface area contributed by atoms with Crippen molar-refractivity contribution in [2.75, 3.05) is 27.0 Å². The second-order valence-electron chi connectivity index (χ2n) is 7.33. The third-order valence-electron chi connectivity index (χ3n) is 4.79. The Balaban J connectivity index is 1.54. The number of hydrogen-bond acceptors (Lipinski definition) is 7. The van der Waals surface area contributed by atoms with Gasteiger partial charge in [0, 0.05) is 31.3 Å². The number of fused-ring (bicyclic) bond motifs is 1. The molecule has 0 aliphatic carbocycles. The quantitative estimate of drug-likeness (QED) is 0.597. The number of ether oxygens (including phenoxy) is 3. The van der Waals surface area contributed by atoms with Crippen LogP contribution in [0.4, 0.5) is 0 Å². The monoisotopic (exact) mass is 450 g/mol. The summed E-state index contributed by atoms with van der Waals surface area (Å²) in [5.74, 6) is 1.20. The molecule has 0 spiro atoms. The van der Waals surface area contributed by atoms with Gasteiger partial charge in [-0.1, -0.05) is 6.07 Å². The second kappa shape index (κ2) is 9.54. The molecule has 1 atom stereocenters.